The van der Waals surface area contributed by atoms with Crippen LogP contribution in [0.5, 0.6) is 0 Å². The van der Waals surface area contributed by atoms with Gasteiger partial charge in [0.05, 0.1) is 6.61 Å². The Bertz CT molecular complexity index is 1060. The molecule has 0 aliphatic heterocycles. The SMILES string of the molecule is CCCCC(NC(=O)OCc1ccccc1)C(=O)N[C@@H](CO)C(=O)N[C@@H](CC(C)C)C(=O)NCc1ccccc1. The quantitative estimate of drug-likeness (QED) is 0.216. The molecule has 2 aromatic carbocycles. The minimum atomic E-state index is -1.31. The zero-order chi connectivity index (χ0) is 29.3. The lowest BCUT2D eigenvalue weighted by Gasteiger charge is -2.25. The van der Waals surface area contributed by atoms with E-state index in [1.807, 2.05) is 81.4 Å². The second-order valence-electron chi connectivity index (χ2n) is 10.0. The second-order valence-corrected chi connectivity index (χ2v) is 10.0. The number of alkyl carbamates (subject to hydrolysis) is 1. The zero-order valence-corrected chi connectivity index (χ0v) is 23.5. The van der Waals surface area contributed by atoms with Gasteiger partial charge >= 0.3 is 6.09 Å². The molecule has 4 amide bonds. The molecular formula is C30H42N4O6. The summed E-state index contributed by atoms with van der Waals surface area (Å²) >= 11 is 0. The number of nitrogens with one attached hydrogen (secondary N) is 4. The van der Waals surface area contributed by atoms with Crippen LogP contribution in [-0.4, -0.2) is 53.7 Å². The molecule has 2 aromatic rings. The molecule has 5 N–H and O–H groups in total. The number of amides is 4. The lowest BCUT2D eigenvalue weighted by atomic mass is 10.0. The first kappa shape index (κ1) is 32.3. The first-order chi connectivity index (χ1) is 19.2. The summed E-state index contributed by atoms with van der Waals surface area (Å²) < 4.78 is 5.24. The van der Waals surface area contributed by atoms with Crippen molar-refractivity contribution in [2.75, 3.05) is 6.61 Å². The Labute approximate surface area is 236 Å². The molecule has 10 heteroatoms. The number of carbonyl (C=O) groups excluding carboxylic acids is 4. The number of benzene rings is 2. The molecule has 10 nitrogen and oxygen atoms in total. The van der Waals surface area contributed by atoms with Gasteiger partial charge in [0.2, 0.25) is 17.7 Å². The van der Waals surface area contributed by atoms with Crippen LogP contribution in [0, 0.1) is 5.92 Å². The average Bonchev–Trinajstić information content (AvgIpc) is 2.95. The van der Waals surface area contributed by atoms with Gasteiger partial charge in [0.1, 0.15) is 24.7 Å². The molecular weight excluding hydrogens is 512 g/mol. The Morgan fingerprint density at radius 2 is 1.35 bits per heavy atom. The number of carbonyl (C=O) groups is 4. The van der Waals surface area contributed by atoms with Gasteiger partial charge in [-0.1, -0.05) is 94.3 Å². The highest BCUT2D eigenvalue weighted by Crippen LogP contribution is 2.08. The highest BCUT2D eigenvalue weighted by Gasteiger charge is 2.29. The van der Waals surface area contributed by atoms with Crippen molar-refractivity contribution in [1.82, 2.24) is 21.3 Å². The average molecular weight is 555 g/mol. The van der Waals surface area contributed by atoms with Crippen molar-refractivity contribution < 1.29 is 29.0 Å². The molecule has 3 atom stereocenters. The van der Waals surface area contributed by atoms with Crippen LogP contribution in [0.1, 0.15) is 57.6 Å². The summed E-state index contributed by atoms with van der Waals surface area (Å²) in [5.41, 5.74) is 1.71. The molecule has 0 aliphatic carbocycles. The molecule has 0 radical (unpaired) electrons. The van der Waals surface area contributed by atoms with Crippen molar-refractivity contribution in [3.63, 3.8) is 0 Å². The van der Waals surface area contributed by atoms with E-state index in [0.29, 0.717) is 25.8 Å². The van der Waals surface area contributed by atoms with Crippen molar-refractivity contribution >= 4 is 23.8 Å². The first-order valence-electron chi connectivity index (χ1n) is 13.7. The minimum absolute atomic E-state index is 0.0417. The highest BCUT2D eigenvalue weighted by atomic mass is 16.5. The molecule has 0 aliphatic rings. The van der Waals surface area contributed by atoms with Crippen molar-refractivity contribution in [2.45, 2.75) is 77.7 Å². The largest absolute Gasteiger partial charge is 0.445 e. The maximum Gasteiger partial charge on any atom is 0.408 e. The maximum absolute atomic E-state index is 13.0. The second kappa shape index (κ2) is 17.6. The molecule has 0 bridgehead atoms. The monoisotopic (exact) mass is 554 g/mol. The summed E-state index contributed by atoms with van der Waals surface area (Å²) in [6.45, 7) is 5.46. The van der Waals surface area contributed by atoms with Crippen molar-refractivity contribution in [2.24, 2.45) is 5.92 Å². The van der Waals surface area contributed by atoms with Crippen LogP contribution in [0.2, 0.25) is 0 Å². The van der Waals surface area contributed by atoms with Gasteiger partial charge in [0, 0.05) is 6.54 Å². The van der Waals surface area contributed by atoms with E-state index in [9.17, 15) is 24.3 Å². The Morgan fingerprint density at radius 1 is 0.775 bits per heavy atom. The third-order valence-electron chi connectivity index (χ3n) is 6.13. The summed E-state index contributed by atoms with van der Waals surface area (Å²) in [5, 5.41) is 20.5. The maximum atomic E-state index is 13.0. The number of hydrogen-bond donors (Lipinski definition) is 5. The number of aliphatic hydroxyl groups excluding tert-OH is 1. The summed E-state index contributed by atoms with van der Waals surface area (Å²) in [6, 6.07) is 15.4. The van der Waals surface area contributed by atoms with Gasteiger partial charge in [0.15, 0.2) is 0 Å². The number of hydrogen-bond acceptors (Lipinski definition) is 6. The summed E-state index contributed by atoms with van der Waals surface area (Å²) in [6.07, 6.45) is 1.35. The standard InChI is InChI=1S/C30H42N4O6/c1-4-5-16-24(34-30(39)40-20-23-14-10-7-11-15-23)28(37)33-26(19-35)29(38)32-25(17-21(2)3)27(36)31-18-22-12-8-6-9-13-22/h6-15,21,24-26,35H,4-5,16-20H2,1-3H3,(H,31,36)(H,32,38)(H,33,37)(H,34,39)/t24?,25-,26-/m0/s1. The molecule has 1 unspecified atom stereocenters. The smallest absolute Gasteiger partial charge is 0.408 e. The normalized spacial score (nSPS) is 13.0. The topological polar surface area (TPSA) is 146 Å². The fraction of sp³-hybridized carbons (Fsp3) is 0.467. The van der Waals surface area contributed by atoms with E-state index in [1.54, 1.807) is 0 Å². The van der Waals surface area contributed by atoms with Crippen molar-refractivity contribution in [3.05, 3.63) is 71.8 Å². The summed E-state index contributed by atoms with van der Waals surface area (Å²) in [7, 11) is 0. The molecule has 0 saturated heterocycles. The molecule has 0 aromatic heterocycles. The van der Waals surface area contributed by atoms with Crippen LogP contribution in [0.25, 0.3) is 0 Å². The predicted molar refractivity (Wildman–Crippen MR) is 152 cm³/mol. The van der Waals surface area contributed by atoms with E-state index < -0.39 is 42.6 Å². The summed E-state index contributed by atoms with van der Waals surface area (Å²) in [4.78, 5) is 51.3. The number of unbranched alkanes of at least 4 members (excludes halogenated alkanes) is 1. The van der Waals surface area contributed by atoms with Crippen molar-refractivity contribution in [1.29, 1.82) is 0 Å². The Kier molecular flexibility index (Phi) is 14.2. The molecule has 40 heavy (non-hydrogen) atoms. The van der Waals surface area contributed by atoms with Gasteiger partial charge in [0.25, 0.3) is 0 Å². The predicted octanol–water partition coefficient (Wildman–Crippen LogP) is 2.80. The molecule has 218 valence electrons. The fourth-order valence-corrected chi connectivity index (χ4v) is 3.93. The highest BCUT2D eigenvalue weighted by molar-refractivity contribution is 5.93. The van der Waals surface area contributed by atoms with Gasteiger partial charge in [-0.2, -0.15) is 0 Å². The van der Waals surface area contributed by atoms with E-state index in [2.05, 4.69) is 21.3 Å². The van der Waals surface area contributed by atoms with Gasteiger partial charge in [-0.3, -0.25) is 14.4 Å². The van der Waals surface area contributed by atoms with Gasteiger partial charge in [-0.25, -0.2) is 4.79 Å². The van der Waals surface area contributed by atoms with Crippen LogP contribution in [0.15, 0.2) is 60.7 Å². The molecule has 0 heterocycles. The van der Waals surface area contributed by atoms with E-state index in [-0.39, 0.29) is 18.4 Å². The molecule has 0 fully saturated rings. The fourth-order valence-electron chi connectivity index (χ4n) is 3.93. The van der Waals surface area contributed by atoms with Crippen molar-refractivity contribution in [3.8, 4) is 0 Å². The van der Waals surface area contributed by atoms with Gasteiger partial charge in [-0.15, -0.1) is 0 Å². The molecule has 0 spiro atoms. The Morgan fingerprint density at radius 3 is 1.93 bits per heavy atom. The molecule has 0 saturated carbocycles. The first-order valence-corrected chi connectivity index (χ1v) is 13.7. The van der Waals surface area contributed by atoms with Crippen LogP contribution >= 0.6 is 0 Å². The third kappa shape index (κ3) is 11.9. The Balaban J connectivity index is 1.98. The molecule has 2 rings (SSSR count). The summed E-state index contributed by atoms with van der Waals surface area (Å²) in [5.74, 6) is -1.59. The lowest BCUT2D eigenvalue weighted by molar-refractivity contribution is -0.133. The van der Waals surface area contributed by atoms with Crippen LogP contribution in [-0.2, 0) is 32.3 Å². The van der Waals surface area contributed by atoms with Gasteiger partial charge in [-0.05, 0) is 29.9 Å². The van der Waals surface area contributed by atoms with E-state index >= 15 is 0 Å². The van der Waals surface area contributed by atoms with E-state index in [4.69, 9.17) is 4.74 Å². The Hall–Kier alpha value is -3.92. The minimum Gasteiger partial charge on any atom is -0.445 e. The van der Waals surface area contributed by atoms with E-state index in [1.165, 1.54) is 0 Å². The van der Waals surface area contributed by atoms with Crippen LogP contribution in [0.3, 0.4) is 0 Å². The zero-order valence-electron chi connectivity index (χ0n) is 23.5. The van der Waals surface area contributed by atoms with Gasteiger partial charge < -0.3 is 31.1 Å². The lowest BCUT2D eigenvalue weighted by Crippen LogP contribution is -2.58. The number of rotatable bonds is 16. The van der Waals surface area contributed by atoms with E-state index in [0.717, 1.165) is 17.5 Å². The third-order valence-corrected chi connectivity index (χ3v) is 6.13. The number of aliphatic hydroxyl groups is 1. The number of ether oxygens (including phenoxy) is 1. The van der Waals surface area contributed by atoms with Crippen LogP contribution < -0.4 is 21.3 Å². The van der Waals surface area contributed by atoms with Crippen LogP contribution in [0.4, 0.5) is 4.79 Å².